The first-order valence-corrected chi connectivity index (χ1v) is 12.7. The molecule has 0 bridgehead atoms. The van der Waals surface area contributed by atoms with Gasteiger partial charge in [0.15, 0.2) is 11.5 Å². The summed E-state index contributed by atoms with van der Waals surface area (Å²) < 4.78 is 5.56. The van der Waals surface area contributed by atoms with E-state index < -0.39 is 0 Å². The van der Waals surface area contributed by atoms with Crippen LogP contribution in [0.1, 0.15) is 18.9 Å². The lowest BCUT2D eigenvalue weighted by Gasteiger charge is -2.24. The first kappa shape index (κ1) is 24.0. The van der Waals surface area contributed by atoms with Crippen molar-refractivity contribution < 1.29 is 14.6 Å². The fourth-order valence-corrected chi connectivity index (χ4v) is 5.58. The Labute approximate surface area is 213 Å². The third kappa shape index (κ3) is 5.58. The zero-order valence-corrected chi connectivity index (χ0v) is 20.7. The highest BCUT2D eigenvalue weighted by molar-refractivity contribution is 7.99. The molecular formula is C27H27N5O3S. The van der Waals surface area contributed by atoms with Crippen molar-refractivity contribution in [1.82, 2.24) is 19.9 Å². The Morgan fingerprint density at radius 1 is 1.08 bits per heavy atom. The predicted molar refractivity (Wildman–Crippen MR) is 140 cm³/mol. The van der Waals surface area contributed by atoms with E-state index in [0.29, 0.717) is 31.0 Å². The number of thioether (sulfide) groups is 1. The number of ether oxygens (including phenoxy) is 1. The van der Waals surface area contributed by atoms with Gasteiger partial charge in [-0.25, -0.2) is 4.98 Å². The molecule has 3 heterocycles. The Balaban J connectivity index is 1.36. The Hall–Kier alpha value is -3.69. The van der Waals surface area contributed by atoms with Gasteiger partial charge in [0.25, 0.3) is 0 Å². The van der Waals surface area contributed by atoms with E-state index in [-0.39, 0.29) is 22.9 Å². The van der Waals surface area contributed by atoms with Crippen molar-refractivity contribution in [2.24, 2.45) is 0 Å². The van der Waals surface area contributed by atoms with Crippen LogP contribution in [0.25, 0.3) is 11.0 Å². The van der Waals surface area contributed by atoms with Gasteiger partial charge in [0.2, 0.25) is 5.91 Å². The van der Waals surface area contributed by atoms with Crippen LogP contribution in [0.15, 0.2) is 78.2 Å². The molecule has 36 heavy (non-hydrogen) atoms. The summed E-state index contributed by atoms with van der Waals surface area (Å²) in [5.74, 6) is 0.498. The predicted octanol–water partition coefficient (Wildman–Crippen LogP) is 4.50. The van der Waals surface area contributed by atoms with Crippen LogP contribution in [0, 0.1) is 0 Å². The SMILES string of the molecule is CCOc1cc(CN2C[C@H](Sc3ccccn3)C[C@H]2C(=O)Nc2ccc3nccnc3c2)ccc1O. The number of hydrogen-bond acceptors (Lipinski definition) is 8. The van der Waals surface area contributed by atoms with Crippen LogP contribution in [-0.4, -0.2) is 55.3 Å². The van der Waals surface area contributed by atoms with Crippen molar-refractivity contribution in [3.8, 4) is 11.5 Å². The highest BCUT2D eigenvalue weighted by Crippen LogP contribution is 2.34. The van der Waals surface area contributed by atoms with E-state index >= 15 is 0 Å². The number of anilines is 1. The molecule has 1 aliphatic heterocycles. The molecule has 0 spiro atoms. The molecule has 0 radical (unpaired) electrons. The number of nitrogens with one attached hydrogen (secondary N) is 1. The number of rotatable bonds is 8. The number of phenolic OH excluding ortho intramolecular Hbond substituents is 1. The van der Waals surface area contributed by atoms with Crippen LogP contribution in [-0.2, 0) is 11.3 Å². The second kappa shape index (κ2) is 10.9. The molecule has 5 rings (SSSR count). The summed E-state index contributed by atoms with van der Waals surface area (Å²) >= 11 is 1.69. The van der Waals surface area contributed by atoms with Gasteiger partial charge in [0.1, 0.15) is 0 Å². The van der Waals surface area contributed by atoms with Crippen LogP contribution < -0.4 is 10.1 Å². The van der Waals surface area contributed by atoms with E-state index in [0.717, 1.165) is 28.2 Å². The van der Waals surface area contributed by atoms with E-state index in [4.69, 9.17) is 4.74 Å². The average Bonchev–Trinajstić information content (AvgIpc) is 3.28. The van der Waals surface area contributed by atoms with Gasteiger partial charge < -0.3 is 15.2 Å². The molecule has 0 saturated carbocycles. The molecule has 0 aliphatic carbocycles. The number of phenols is 1. The molecule has 0 unspecified atom stereocenters. The van der Waals surface area contributed by atoms with Crippen molar-refractivity contribution in [2.75, 3.05) is 18.5 Å². The second-order valence-electron chi connectivity index (χ2n) is 8.57. The maximum Gasteiger partial charge on any atom is 0.241 e. The average molecular weight is 502 g/mol. The molecular weight excluding hydrogens is 474 g/mol. The van der Waals surface area contributed by atoms with Gasteiger partial charge in [-0.05, 0) is 61.4 Å². The summed E-state index contributed by atoms with van der Waals surface area (Å²) in [5, 5.41) is 14.3. The Kier molecular flexibility index (Phi) is 7.29. The number of aromatic nitrogens is 3. The summed E-state index contributed by atoms with van der Waals surface area (Å²) in [4.78, 5) is 28.8. The van der Waals surface area contributed by atoms with E-state index in [1.807, 2.05) is 55.5 Å². The largest absolute Gasteiger partial charge is 0.504 e. The highest BCUT2D eigenvalue weighted by Gasteiger charge is 2.37. The Morgan fingerprint density at radius 2 is 1.94 bits per heavy atom. The highest BCUT2D eigenvalue weighted by atomic mass is 32.2. The van der Waals surface area contributed by atoms with E-state index in [1.54, 1.807) is 36.4 Å². The zero-order chi connectivity index (χ0) is 24.9. The Morgan fingerprint density at radius 3 is 2.75 bits per heavy atom. The minimum atomic E-state index is -0.326. The maximum absolute atomic E-state index is 13.5. The lowest BCUT2D eigenvalue weighted by molar-refractivity contribution is -0.120. The molecule has 4 aromatic rings. The fourth-order valence-electron chi connectivity index (χ4n) is 4.41. The summed E-state index contributed by atoms with van der Waals surface area (Å²) in [6.45, 7) is 3.63. The lowest BCUT2D eigenvalue weighted by atomic mass is 10.1. The molecule has 9 heteroatoms. The minimum absolute atomic E-state index is 0.0637. The van der Waals surface area contributed by atoms with Crippen molar-refractivity contribution in [2.45, 2.75) is 36.2 Å². The third-order valence-electron chi connectivity index (χ3n) is 6.04. The molecule has 1 saturated heterocycles. The smallest absolute Gasteiger partial charge is 0.241 e. The van der Waals surface area contributed by atoms with Crippen molar-refractivity contribution in [3.05, 3.63) is 78.8 Å². The number of nitrogens with zero attached hydrogens (tertiary/aromatic N) is 4. The van der Waals surface area contributed by atoms with Gasteiger partial charge in [0.05, 0.1) is 28.7 Å². The molecule has 2 aromatic heterocycles. The van der Waals surface area contributed by atoms with E-state index in [9.17, 15) is 9.90 Å². The summed E-state index contributed by atoms with van der Waals surface area (Å²) in [7, 11) is 0. The normalized spacial score (nSPS) is 17.8. The van der Waals surface area contributed by atoms with Gasteiger partial charge in [0, 0.05) is 42.6 Å². The van der Waals surface area contributed by atoms with Gasteiger partial charge >= 0.3 is 0 Å². The van der Waals surface area contributed by atoms with Crippen molar-refractivity contribution >= 4 is 34.4 Å². The van der Waals surface area contributed by atoms with Crippen LogP contribution >= 0.6 is 11.8 Å². The standard InChI is InChI=1S/C27H27N5O3S/c1-2-35-25-13-18(6-9-24(25)33)16-32-17-20(36-26-5-3-4-10-30-26)15-23(32)27(34)31-19-7-8-21-22(14-19)29-12-11-28-21/h3-14,20,23,33H,2,15-17H2,1H3,(H,31,34)/t20-,23+/m1/s1. The number of aromatic hydroxyl groups is 1. The van der Waals surface area contributed by atoms with E-state index in [2.05, 4.69) is 25.2 Å². The van der Waals surface area contributed by atoms with Crippen LogP contribution in [0.2, 0.25) is 0 Å². The number of likely N-dealkylation sites (tertiary alicyclic amines) is 1. The van der Waals surface area contributed by atoms with Crippen LogP contribution in [0.5, 0.6) is 11.5 Å². The van der Waals surface area contributed by atoms with Crippen LogP contribution in [0.3, 0.4) is 0 Å². The first-order valence-electron chi connectivity index (χ1n) is 11.9. The second-order valence-corrected chi connectivity index (χ2v) is 9.89. The number of amides is 1. The molecule has 1 aliphatic rings. The fraction of sp³-hybridized carbons (Fsp3) is 0.259. The molecule has 1 amide bonds. The molecule has 8 nitrogen and oxygen atoms in total. The zero-order valence-electron chi connectivity index (χ0n) is 19.9. The summed E-state index contributed by atoms with van der Waals surface area (Å²) in [6.07, 6.45) is 5.77. The van der Waals surface area contributed by atoms with Gasteiger partial charge in [-0.2, -0.15) is 0 Å². The lowest BCUT2D eigenvalue weighted by Crippen LogP contribution is -2.39. The third-order valence-corrected chi connectivity index (χ3v) is 7.20. The monoisotopic (exact) mass is 501 g/mol. The molecule has 2 aromatic carbocycles. The number of carbonyl (C=O) groups is 1. The number of benzene rings is 2. The maximum atomic E-state index is 13.5. The summed E-state index contributed by atoms with van der Waals surface area (Å²) in [6, 6.07) is 16.4. The Bertz CT molecular complexity index is 1350. The van der Waals surface area contributed by atoms with Gasteiger partial charge in [-0.15, -0.1) is 11.8 Å². The first-order chi connectivity index (χ1) is 17.6. The van der Waals surface area contributed by atoms with Crippen LogP contribution in [0.4, 0.5) is 5.69 Å². The minimum Gasteiger partial charge on any atom is -0.504 e. The van der Waals surface area contributed by atoms with Crippen molar-refractivity contribution in [3.63, 3.8) is 0 Å². The van der Waals surface area contributed by atoms with Crippen molar-refractivity contribution in [1.29, 1.82) is 0 Å². The quantitative estimate of drug-likeness (QED) is 0.364. The molecule has 2 N–H and O–H groups in total. The number of hydrogen-bond donors (Lipinski definition) is 2. The number of carbonyl (C=O) groups excluding carboxylic acids is 1. The van der Waals surface area contributed by atoms with Gasteiger partial charge in [-0.3, -0.25) is 19.7 Å². The molecule has 2 atom stereocenters. The molecule has 1 fully saturated rings. The number of pyridine rings is 1. The van der Waals surface area contributed by atoms with E-state index in [1.165, 1.54) is 0 Å². The van der Waals surface area contributed by atoms with Gasteiger partial charge in [-0.1, -0.05) is 12.1 Å². The summed E-state index contributed by atoms with van der Waals surface area (Å²) in [5.41, 5.74) is 3.17. The topological polar surface area (TPSA) is 100 Å². The number of fused-ring (bicyclic) bond motifs is 1. The molecule has 184 valence electrons.